The lowest BCUT2D eigenvalue weighted by Crippen LogP contribution is -2.60. The number of hydrogen-bond acceptors (Lipinski definition) is 9. The van der Waals surface area contributed by atoms with Gasteiger partial charge in [0, 0.05) is 25.3 Å². The van der Waals surface area contributed by atoms with E-state index in [1.807, 2.05) is 72.5 Å². The van der Waals surface area contributed by atoms with Gasteiger partial charge in [0.2, 0.25) is 11.7 Å². The van der Waals surface area contributed by atoms with E-state index in [4.69, 9.17) is 23.7 Å². The average Bonchev–Trinajstić information content (AvgIpc) is 3.47. The molecule has 1 aromatic heterocycles. The second kappa shape index (κ2) is 9.00. The summed E-state index contributed by atoms with van der Waals surface area (Å²) in [6.07, 6.45) is 0.695. The van der Waals surface area contributed by atoms with E-state index in [1.165, 1.54) is 0 Å². The highest BCUT2D eigenvalue weighted by Gasteiger charge is 2.62. The first-order valence-corrected chi connectivity index (χ1v) is 11.3. The fourth-order valence-corrected chi connectivity index (χ4v) is 4.71. The van der Waals surface area contributed by atoms with Crippen LogP contribution in [0, 0.1) is 0 Å². The van der Waals surface area contributed by atoms with Crippen LogP contribution in [0.5, 0.6) is 0 Å². The third-order valence-corrected chi connectivity index (χ3v) is 6.39. The van der Waals surface area contributed by atoms with Crippen molar-refractivity contribution in [1.82, 2.24) is 15.0 Å². The lowest BCUT2D eigenvalue weighted by molar-refractivity contribution is -0.275. The number of ether oxygens (including phenoxy) is 3. The second-order valence-electron chi connectivity index (χ2n) is 8.34. The zero-order chi connectivity index (χ0) is 23.6. The van der Waals surface area contributed by atoms with Crippen molar-refractivity contribution >= 4 is 11.9 Å². The Morgan fingerprint density at radius 3 is 2.35 bits per heavy atom. The van der Waals surface area contributed by atoms with Gasteiger partial charge in [-0.15, -0.1) is 0 Å². The predicted molar refractivity (Wildman–Crippen MR) is 119 cm³/mol. The minimum atomic E-state index is -1.58. The molecule has 3 heterocycles. The van der Waals surface area contributed by atoms with E-state index < -0.39 is 23.3 Å². The maximum Gasteiger partial charge on any atom is 0.421 e. The van der Waals surface area contributed by atoms with Gasteiger partial charge in [-0.1, -0.05) is 65.8 Å². The summed E-state index contributed by atoms with van der Waals surface area (Å²) in [7, 11) is 0. The Kier molecular flexibility index (Phi) is 5.89. The first-order chi connectivity index (χ1) is 16.6. The minimum absolute atomic E-state index is 0.115. The number of hydrogen-bond donors (Lipinski definition) is 0. The number of carbonyl (C=O) groups is 2. The zero-order valence-electron chi connectivity index (χ0n) is 18.8. The summed E-state index contributed by atoms with van der Waals surface area (Å²) in [6.45, 7) is 3.74. The number of carbonyl (C=O) groups excluding carboxylic acids is 2. The smallest absolute Gasteiger partial charge is 0.400 e. The highest BCUT2D eigenvalue weighted by atomic mass is 16.8. The van der Waals surface area contributed by atoms with Crippen LogP contribution in [0.15, 0.2) is 65.2 Å². The quantitative estimate of drug-likeness (QED) is 0.297. The molecule has 1 atom stereocenters. The average molecular weight is 463 g/mol. The van der Waals surface area contributed by atoms with Crippen molar-refractivity contribution in [2.24, 2.45) is 0 Å². The van der Waals surface area contributed by atoms with E-state index in [9.17, 15) is 9.59 Å². The molecule has 2 aliphatic rings. The molecular weight excluding hydrogens is 438 g/mol. The van der Waals surface area contributed by atoms with Crippen LogP contribution in [-0.2, 0) is 29.2 Å². The van der Waals surface area contributed by atoms with Crippen molar-refractivity contribution in [2.75, 3.05) is 26.3 Å². The van der Waals surface area contributed by atoms with E-state index >= 15 is 0 Å². The van der Waals surface area contributed by atoms with Gasteiger partial charge in [0.05, 0.1) is 18.4 Å². The second-order valence-corrected chi connectivity index (χ2v) is 8.34. The largest absolute Gasteiger partial charge is 0.421 e. The molecule has 1 unspecified atom stereocenters. The molecule has 9 nitrogen and oxygen atoms in total. The van der Waals surface area contributed by atoms with Crippen molar-refractivity contribution in [1.29, 1.82) is 0 Å². The van der Waals surface area contributed by atoms with Gasteiger partial charge in [-0.25, -0.2) is 14.5 Å². The van der Waals surface area contributed by atoms with E-state index in [0.29, 0.717) is 44.4 Å². The Bertz CT molecular complexity index is 1150. The third-order valence-electron chi connectivity index (χ3n) is 6.39. The van der Waals surface area contributed by atoms with Gasteiger partial charge in [0.25, 0.3) is 0 Å². The highest BCUT2D eigenvalue weighted by molar-refractivity contribution is 6.31. The standard InChI is InChI=1S/C25H25N3O6/c1-2-31-16-15-28-14-13-24(19-11-7-4-8-12-19,17-25(28)32-21(29)22(30)33-25)23-26-20(27-34-23)18-9-5-3-6-10-18/h3-12H,2,13-17H2,1H3. The molecule has 2 saturated heterocycles. The van der Waals surface area contributed by atoms with Gasteiger partial charge < -0.3 is 18.7 Å². The van der Waals surface area contributed by atoms with Crippen LogP contribution in [0.1, 0.15) is 31.2 Å². The monoisotopic (exact) mass is 463 g/mol. The van der Waals surface area contributed by atoms with E-state index in [1.54, 1.807) is 0 Å². The highest BCUT2D eigenvalue weighted by Crippen LogP contribution is 2.49. The molecule has 0 bridgehead atoms. The maximum atomic E-state index is 12.2. The van der Waals surface area contributed by atoms with Crippen LogP contribution in [0.2, 0.25) is 0 Å². The Morgan fingerprint density at radius 1 is 1.00 bits per heavy atom. The third kappa shape index (κ3) is 3.86. The van der Waals surface area contributed by atoms with E-state index in [-0.39, 0.29) is 6.42 Å². The number of rotatable bonds is 7. The molecule has 2 aliphatic heterocycles. The molecule has 2 fully saturated rings. The summed E-state index contributed by atoms with van der Waals surface area (Å²) < 4.78 is 22.5. The number of aromatic nitrogens is 2. The van der Waals surface area contributed by atoms with Gasteiger partial charge in [-0.05, 0) is 18.9 Å². The van der Waals surface area contributed by atoms with Crippen molar-refractivity contribution in [3.63, 3.8) is 0 Å². The number of benzene rings is 2. The number of esters is 2. The summed E-state index contributed by atoms with van der Waals surface area (Å²) in [6, 6.07) is 19.2. The summed E-state index contributed by atoms with van der Waals surface area (Å²) in [4.78, 5) is 31.0. The first-order valence-electron chi connectivity index (χ1n) is 11.3. The van der Waals surface area contributed by atoms with Crippen molar-refractivity contribution in [3.05, 3.63) is 72.1 Å². The van der Waals surface area contributed by atoms with E-state index in [2.05, 4.69) is 5.16 Å². The van der Waals surface area contributed by atoms with Gasteiger partial charge in [-0.2, -0.15) is 4.98 Å². The summed E-state index contributed by atoms with van der Waals surface area (Å²) in [5, 5.41) is 4.22. The van der Waals surface area contributed by atoms with Crippen molar-refractivity contribution < 1.29 is 28.3 Å². The lowest BCUT2D eigenvalue weighted by atomic mass is 9.71. The van der Waals surface area contributed by atoms with Gasteiger partial charge in [-0.3, -0.25) is 0 Å². The number of nitrogens with zero attached hydrogens (tertiary/aromatic N) is 3. The molecule has 3 aromatic rings. The Labute approximate surface area is 196 Å². The Hall–Kier alpha value is -3.56. The van der Waals surface area contributed by atoms with Gasteiger partial charge in [0.15, 0.2) is 0 Å². The minimum Gasteiger partial charge on any atom is -0.400 e. The van der Waals surface area contributed by atoms with Crippen LogP contribution in [0.3, 0.4) is 0 Å². The Morgan fingerprint density at radius 2 is 1.68 bits per heavy atom. The topological polar surface area (TPSA) is 104 Å². The number of likely N-dealkylation sites (tertiary alicyclic amines) is 1. The van der Waals surface area contributed by atoms with Crippen LogP contribution in [-0.4, -0.2) is 59.2 Å². The fourth-order valence-electron chi connectivity index (χ4n) is 4.71. The molecule has 0 N–H and O–H groups in total. The van der Waals surface area contributed by atoms with Crippen molar-refractivity contribution in [2.45, 2.75) is 31.1 Å². The van der Waals surface area contributed by atoms with Gasteiger partial charge in [0.1, 0.15) is 0 Å². The molecule has 2 aromatic carbocycles. The zero-order valence-corrected chi connectivity index (χ0v) is 18.8. The van der Waals surface area contributed by atoms with Crippen LogP contribution < -0.4 is 0 Å². The molecule has 0 radical (unpaired) electrons. The molecular formula is C25H25N3O6. The molecule has 9 heteroatoms. The Balaban J connectivity index is 1.57. The number of piperidine rings is 1. The normalized spacial score (nSPS) is 22.0. The molecule has 5 rings (SSSR count). The maximum absolute atomic E-state index is 12.2. The predicted octanol–water partition coefficient (Wildman–Crippen LogP) is 2.91. The summed E-state index contributed by atoms with van der Waals surface area (Å²) in [5.41, 5.74) is 0.887. The van der Waals surface area contributed by atoms with Gasteiger partial charge >= 0.3 is 17.8 Å². The molecule has 0 amide bonds. The molecule has 0 saturated carbocycles. The van der Waals surface area contributed by atoms with E-state index in [0.717, 1.165) is 11.1 Å². The van der Waals surface area contributed by atoms with Crippen LogP contribution >= 0.6 is 0 Å². The molecule has 34 heavy (non-hydrogen) atoms. The van der Waals surface area contributed by atoms with Crippen LogP contribution in [0.4, 0.5) is 0 Å². The molecule has 0 aliphatic carbocycles. The SMILES string of the molecule is CCOCCN1CCC(c2ccccc2)(c2nc(-c3ccccc3)no2)CC12OC(=O)C(=O)O2. The summed E-state index contributed by atoms with van der Waals surface area (Å²) >= 11 is 0. The lowest BCUT2D eigenvalue weighted by Gasteiger charge is -2.47. The van der Waals surface area contributed by atoms with Crippen LogP contribution in [0.25, 0.3) is 11.4 Å². The summed E-state index contributed by atoms with van der Waals surface area (Å²) in [5.74, 6) is -2.78. The fraction of sp³-hybridized carbons (Fsp3) is 0.360. The first kappa shape index (κ1) is 22.2. The molecule has 176 valence electrons. The van der Waals surface area contributed by atoms with Crippen molar-refractivity contribution in [3.8, 4) is 11.4 Å². The molecule has 1 spiro atoms.